The summed E-state index contributed by atoms with van der Waals surface area (Å²) in [6.07, 6.45) is 0. The van der Waals surface area contributed by atoms with E-state index in [1.807, 2.05) is 0 Å². The van der Waals surface area contributed by atoms with Crippen LogP contribution in [0.4, 0.5) is 0 Å². The maximum Gasteiger partial charge on any atom is 0.286 e. The van der Waals surface area contributed by atoms with E-state index < -0.39 is 0 Å². The molecule has 1 aromatic rings. The van der Waals surface area contributed by atoms with Crippen molar-refractivity contribution in [2.24, 2.45) is 0 Å². The quantitative estimate of drug-likeness (QED) is 0.719. The number of alkyl halides is 1. The van der Waals surface area contributed by atoms with E-state index in [2.05, 4.69) is 5.32 Å². The molecular formula is C8H10ClNO2. The second-order valence-electron chi connectivity index (χ2n) is 2.40. The highest BCUT2D eigenvalue weighted by Gasteiger charge is 2.11. The van der Waals surface area contributed by atoms with Crippen LogP contribution in [0.25, 0.3) is 0 Å². The number of carbonyl (C=O) groups is 1. The van der Waals surface area contributed by atoms with Crippen LogP contribution >= 0.6 is 11.6 Å². The average Bonchev–Trinajstić information content (AvgIpc) is 2.51. The summed E-state index contributed by atoms with van der Waals surface area (Å²) in [7, 11) is 1.55. The molecule has 0 radical (unpaired) electrons. The Morgan fingerprint density at radius 1 is 1.67 bits per heavy atom. The first kappa shape index (κ1) is 9.13. The largest absolute Gasteiger partial charge is 0.454 e. The van der Waals surface area contributed by atoms with E-state index in [1.54, 1.807) is 26.1 Å². The van der Waals surface area contributed by atoms with Crippen LogP contribution in [0.5, 0.6) is 0 Å². The lowest BCUT2D eigenvalue weighted by Gasteiger charge is -1.96. The van der Waals surface area contributed by atoms with E-state index in [1.165, 1.54) is 0 Å². The minimum atomic E-state index is -0.237. The van der Waals surface area contributed by atoms with Gasteiger partial charge in [-0.05, 0) is 19.1 Å². The van der Waals surface area contributed by atoms with Gasteiger partial charge in [-0.1, -0.05) is 0 Å². The molecule has 1 rings (SSSR count). The van der Waals surface area contributed by atoms with Crippen molar-refractivity contribution in [3.8, 4) is 0 Å². The van der Waals surface area contributed by atoms with Crippen molar-refractivity contribution in [3.05, 3.63) is 23.7 Å². The lowest BCUT2D eigenvalue weighted by molar-refractivity contribution is 0.0934. The molecule has 0 aliphatic rings. The Bertz CT molecular complexity index is 280. The molecule has 1 unspecified atom stereocenters. The number of nitrogens with one attached hydrogen (secondary N) is 1. The Morgan fingerprint density at radius 3 is 2.75 bits per heavy atom. The van der Waals surface area contributed by atoms with E-state index in [0.717, 1.165) is 0 Å². The molecule has 0 bridgehead atoms. The third kappa shape index (κ3) is 1.80. The van der Waals surface area contributed by atoms with Gasteiger partial charge in [-0.3, -0.25) is 4.79 Å². The fourth-order valence-electron chi connectivity index (χ4n) is 0.812. The van der Waals surface area contributed by atoms with Crippen LogP contribution in [0.2, 0.25) is 0 Å². The fraction of sp³-hybridized carbons (Fsp3) is 0.375. The zero-order valence-corrected chi connectivity index (χ0v) is 7.68. The van der Waals surface area contributed by atoms with Gasteiger partial charge in [0.25, 0.3) is 5.91 Å². The smallest absolute Gasteiger partial charge is 0.286 e. The third-order valence-corrected chi connectivity index (χ3v) is 1.68. The van der Waals surface area contributed by atoms with Crippen LogP contribution in [0.15, 0.2) is 16.5 Å². The second kappa shape index (κ2) is 3.63. The Kier molecular flexibility index (Phi) is 2.76. The van der Waals surface area contributed by atoms with Crippen LogP contribution in [0.3, 0.4) is 0 Å². The monoisotopic (exact) mass is 187 g/mol. The summed E-state index contributed by atoms with van der Waals surface area (Å²) in [6, 6.07) is 3.30. The average molecular weight is 188 g/mol. The zero-order chi connectivity index (χ0) is 9.14. The van der Waals surface area contributed by atoms with Crippen molar-refractivity contribution >= 4 is 17.5 Å². The normalized spacial score (nSPS) is 12.6. The molecule has 1 atom stereocenters. The highest BCUT2D eigenvalue weighted by atomic mass is 35.5. The zero-order valence-electron chi connectivity index (χ0n) is 6.93. The predicted octanol–water partition coefficient (Wildman–Crippen LogP) is 1.94. The molecule has 1 heterocycles. The van der Waals surface area contributed by atoms with Gasteiger partial charge < -0.3 is 9.73 Å². The van der Waals surface area contributed by atoms with Crippen molar-refractivity contribution in [2.75, 3.05) is 7.05 Å². The number of halogens is 1. The lowest BCUT2D eigenvalue weighted by atomic mass is 10.3. The highest BCUT2D eigenvalue weighted by molar-refractivity contribution is 6.20. The van der Waals surface area contributed by atoms with Crippen LogP contribution in [0, 0.1) is 0 Å². The van der Waals surface area contributed by atoms with Gasteiger partial charge in [-0.15, -0.1) is 11.6 Å². The number of rotatable bonds is 2. The van der Waals surface area contributed by atoms with Crippen LogP contribution in [0.1, 0.15) is 28.6 Å². The van der Waals surface area contributed by atoms with Crippen molar-refractivity contribution in [2.45, 2.75) is 12.3 Å². The molecule has 0 spiro atoms. The first-order chi connectivity index (χ1) is 5.65. The summed E-state index contributed by atoms with van der Waals surface area (Å²) < 4.78 is 5.15. The first-order valence-corrected chi connectivity index (χ1v) is 4.04. The minimum Gasteiger partial charge on any atom is -0.454 e. The minimum absolute atomic E-state index is 0.205. The summed E-state index contributed by atoms with van der Waals surface area (Å²) in [4.78, 5) is 11.0. The molecule has 3 nitrogen and oxygen atoms in total. The number of hydrogen-bond acceptors (Lipinski definition) is 2. The van der Waals surface area contributed by atoms with Gasteiger partial charge in [0.05, 0.1) is 5.38 Å². The van der Waals surface area contributed by atoms with Crippen molar-refractivity contribution in [3.63, 3.8) is 0 Å². The van der Waals surface area contributed by atoms with Gasteiger partial charge in [-0.25, -0.2) is 0 Å². The molecule has 12 heavy (non-hydrogen) atoms. The highest BCUT2D eigenvalue weighted by Crippen LogP contribution is 2.21. The van der Waals surface area contributed by atoms with Crippen LogP contribution in [-0.2, 0) is 0 Å². The molecule has 1 aromatic heterocycles. The van der Waals surface area contributed by atoms with E-state index >= 15 is 0 Å². The Hall–Kier alpha value is -0.960. The van der Waals surface area contributed by atoms with Gasteiger partial charge in [0, 0.05) is 7.05 Å². The summed E-state index contributed by atoms with van der Waals surface area (Å²) in [5.41, 5.74) is 0. The van der Waals surface area contributed by atoms with E-state index in [0.29, 0.717) is 11.5 Å². The number of furan rings is 1. The number of amides is 1. The van der Waals surface area contributed by atoms with Gasteiger partial charge >= 0.3 is 0 Å². The Balaban J connectivity index is 2.84. The number of hydrogen-bond donors (Lipinski definition) is 1. The van der Waals surface area contributed by atoms with Crippen molar-refractivity contribution < 1.29 is 9.21 Å². The van der Waals surface area contributed by atoms with Gasteiger partial charge in [0.15, 0.2) is 5.76 Å². The first-order valence-electron chi connectivity index (χ1n) is 3.61. The van der Waals surface area contributed by atoms with Gasteiger partial charge in [0.1, 0.15) is 5.76 Å². The molecule has 1 N–H and O–H groups in total. The predicted molar refractivity (Wildman–Crippen MR) is 46.4 cm³/mol. The van der Waals surface area contributed by atoms with Crippen molar-refractivity contribution in [1.82, 2.24) is 5.32 Å². The maximum atomic E-state index is 11.0. The summed E-state index contributed by atoms with van der Waals surface area (Å²) in [5, 5.41) is 2.25. The summed E-state index contributed by atoms with van der Waals surface area (Å²) in [6.45, 7) is 1.79. The third-order valence-electron chi connectivity index (χ3n) is 1.47. The molecular weight excluding hydrogens is 178 g/mol. The second-order valence-corrected chi connectivity index (χ2v) is 3.05. The molecule has 0 saturated heterocycles. The molecule has 0 saturated carbocycles. The number of carbonyl (C=O) groups excluding carboxylic acids is 1. The Labute approximate surface area is 75.7 Å². The molecule has 0 aromatic carbocycles. The van der Waals surface area contributed by atoms with E-state index in [9.17, 15) is 4.79 Å². The maximum absolute atomic E-state index is 11.0. The topological polar surface area (TPSA) is 42.2 Å². The summed E-state index contributed by atoms with van der Waals surface area (Å²) >= 11 is 5.74. The molecule has 0 aliphatic carbocycles. The van der Waals surface area contributed by atoms with Gasteiger partial charge in [-0.2, -0.15) is 0 Å². The summed E-state index contributed by atoms with van der Waals surface area (Å²) in [5.74, 6) is 0.661. The van der Waals surface area contributed by atoms with Gasteiger partial charge in [0.2, 0.25) is 0 Å². The van der Waals surface area contributed by atoms with Crippen LogP contribution in [-0.4, -0.2) is 13.0 Å². The van der Waals surface area contributed by atoms with Crippen LogP contribution < -0.4 is 5.32 Å². The molecule has 0 aliphatic heterocycles. The Morgan fingerprint density at radius 2 is 2.33 bits per heavy atom. The van der Waals surface area contributed by atoms with E-state index in [4.69, 9.17) is 16.0 Å². The van der Waals surface area contributed by atoms with E-state index in [-0.39, 0.29) is 11.3 Å². The SMILES string of the molecule is CNC(=O)c1ccc(C(C)Cl)o1. The molecule has 4 heteroatoms. The fourth-order valence-corrected chi connectivity index (χ4v) is 0.929. The lowest BCUT2D eigenvalue weighted by Crippen LogP contribution is -2.16. The van der Waals surface area contributed by atoms with Crippen molar-refractivity contribution in [1.29, 1.82) is 0 Å². The molecule has 1 amide bonds. The molecule has 0 fully saturated rings. The molecule has 66 valence electrons. The standard InChI is InChI=1S/C8H10ClNO2/c1-5(9)6-3-4-7(12-6)8(11)10-2/h3-5H,1-2H3,(H,10,11).